The lowest BCUT2D eigenvalue weighted by molar-refractivity contribution is -0.137. The lowest BCUT2D eigenvalue weighted by atomic mass is 9.96. The Morgan fingerprint density at radius 2 is 1.91 bits per heavy atom. The van der Waals surface area contributed by atoms with Crippen LogP contribution in [-0.2, 0) is 15.8 Å². The molecule has 4 nitrogen and oxygen atoms in total. The molecule has 1 aliphatic rings. The number of alkyl halides is 3. The molecular weight excluding hydrogens is 309 g/mol. The highest BCUT2D eigenvalue weighted by atomic mass is 19.4. The lowest BCUT2D eigenvalue weighted by Crippen LogP contribution is -2.32. The lowest BCUT2D eigenvalue weighted by Gasteiger charge is -2.19. The van der Waals surface area contributed by atoms with Crippen LogP contribution in [0.1, 0.15) is 36.8 Å². The number of benzene rings is 1. The highest BCUT2D eigenvalue weighted by Gasteiger charge is 2.31. The summed E-state index contributed by atoms with van der Waals surface area (Å²) < 4.78 is 37.6. The first-order chi connectivity index (χ1) is 10.7. The largest absolute Gasteiger partial charge is 0.416 e. The summed E-state index contributed by atoms with van der Waals surface area (Å²) in [5, 5.41) is 0. The van der Waals surface area contributed by atoms with E-state index in [0.717, 1.165) is 12.1 Å². The molecule has 2 rings (SSSR count). The van der Waals surface area contributed by atoms with Gasteiger partial charge in [-0.1, -0.05) is 19.1 Å². The Morgan fingerprint density at radius 3 is 2.39 bits per heavy atom. The van der Waals surface area contributed by atoms with Gasteiger partial charge in [0.15, 0.2) is 0 Å². The van der Waals surface area contributed by atoms with Crippen LogP contribution in [0, 0.1) is 5.92 Å². The van der Waals surface area contributed by atoms with Crippen LogP contribution in [0.2, 0.25) is 0 Å². The molecule has 0 spiro atoms. The summed E-state index contributed by atoms with van der Waals surface area (Å²) in [5.74, 6) is -1.02. The molecule has 0 aromatic heterocycles. The minimum atomic E-state index is -4.36. The summed E-state index contributed by atoms with van der Waals surface area (Å²) in [5.41, 5.74) is 5.21. The fourth-order valence-corrected chi connectivity index (χ4v) is 2.73. The number of carbonyl (C=O) groups is 2. The van der Waals surface area contributed by atoms with E-state index in [9.17, 15) is 22.8 Å². The maximum Gasteiger partial charge on any atom is 0.416 e. The number of nitrogens with two attached hydrogens (primary N) is 1. The molecule has 1 aliphatic heterocycles. The van der Waals surface area contributed by atoms with Gasteiger partial charge in [-0.05, 0) is 30.0 Å². The van der Waals surface area contributed by atoms with Gasteiger partial charge in [0.25, 0.3) is 0 Å². The molecule has 23 heavy (non-hydrogen) atoms. The van der Waals surface area contributed by atoms with Crippen molar-refractivity contribution in [1.29, 1.82) is 0 Å². The molecule has 1 saturated heterocycles. The van der Waals surface area contributed by atoms with E-state index in [1.54, 1.807) is 11.8 Å². The number of halogens is 3. The molecule has 1 aromatic rings. The molecule has 2 atom stereocenters. The van der Waals surface area contributed by atoms with Gasteiger partial charge in [0.1, 0.15) is 0 Å². The molecule has 0 radical (unpaired) electrons. The zero-order chi connectivity index (χ0) is 17.2. The predicted octanol–water partition coefficient (Wildman–Crippen LogP) is 2.53. The quantitative estimate of drug-likeness (QED) is 0.923. The maximum absolute atomic E-state index is 12.5. The Balaban J connectivity index is 1.95. The van der Waals surface area contributed by atoms with Gasteiger partial charge in [0.05, 0.1) is 11.5 Å². The van der Waals surface area contributed by atoms with Gasteiger partial charge in [-0.2, -0.15) is 13.2 Å². The van der Waals surface area contributed by atoms with Crippen LogP contribution in [0.25, 0.3) is 0 Å². The Hall–Kier alpha value is -2.05. The molecule has 0 bridgehead atoms. The Labute approximate surface area is 132 Å². The highest BCUT2D eigenvalue weighted by Crippen LogP contribution is 2.31. The molecule has 126 valence electrons. The third kappa shape index (κ3) is 4.24. The van der Waals surface area contributed by atoms with Crippen molar-refractivity contribution in [2.24, 2.45) is 11.7 Å². The molecule has 0 aliphatic carbocycles. The molecule has 0 unspecified atom stereocenters. The van der Waals surface area contributed by atoms with Crippen LogP contribution >= 0.6 is 0 Å². The van der Waals surface area contributed by atoms with E-state index in [4.69, 9.17) is 5.73 Å². The third-order valence-electron chi connectivity index (χ3n) is 4.23. The van der Waals surface area contributed by atoms with Gasteiger partial charge >= 0.3 is 6.18 Å². The van der Waals surface area contributed by atoms with Crippen LogP contribution in [-0.4, -0.2) is 29.8 Å². The van der Waals surface area contributed by atoms with Crippen molar-refractivity contribution in [2.75, 3.05) is 13.1 Å². The fraction of sp³-hybridized carbons (Fsp3) is 0.500. The summed E-state index contributed by atoms with van der Waals surface area (Å²) in [6.45, 7) is 2.61. The molecule has 1 heterocycles. The van der Waals surface area contributed by atoms with Crippen molar-refractivity contribution in [1.82, 2.24) is 4.90 Å². The second-order valence-electron chi connectivity index (χ2n) is 5.95. The summed E-state index contributed by atoms with van der Waals surface area (Å²) in [7, 11) is 0. The number of carbonyl (C=O) groups excluding carboxylic acids is 2. The minimum absolute atomic E-state index is 0.110. The van der Waals surface area contributed by atoms with Crippen molar-refractivity contribution >= 4 is 11.8 Å². The van der Waals surface area contributed by atoms with Crippen molar-refractivity contribution in [2.45, 2.75) is 31.9 Å². The fourth-order valence-electron chi connectivity index (χ4n) is 2.73. The molecule has 2 amide bonds. The van der Waals surface area contributed by atoms with E-state index in [-0.39, 0.29) is 24.2 Å². The van der Waals surface area contributed by atoms with E-state index in [2.05, 4.69) is 0 Å². The number of hydrogen-bond acceptors (Lipinski definition) is 2. The average molecular weight is 328 g/mol. The average Bonchev–Trinajstić information content (AvgIpc) is 2.96. The van der Waals surface area contributed by atoms with E-state index in [1.807, 2.05) is 0 Å². The summed E-state index contributed by atoms with van der Waals surface area (Å²) in [6.07, 6.45) is -3.61. The number of rotatable bonds is 4. The van der Waals surface area contributed by atoms with Crippen LogP contribution in [0.15, 0.2) is 24.3 Å². The Kier molecular flexibility index (Phi) is 4.97. The third-order valence-corrected chi connectivity index (χ3v) is 4.23. The van der Waals surface area contributed by atoms with Crippen molar-refractivity contribution in [3.8, 4) is 0 Å². The molecule has 2 N–H and O–H groups in total. The molecular formula is C16H19F3N2O2. The zero-order valence-corrected chi connectivity index (χ0v) is 12.8. The Morgan fingerprint density at radius 1 is 1.30 bits per heavy atom. The first-order valence-corrected chi connectivity index (χ1v) is 7.42. The van der Waals surface area contributed by atoms with E-state index in [1.165, 1.54) is 12.1 Å². The van der Waals surface area contributed by atoms with E-state index < -0.39 is 17.6 Å². The van der Waals surface area contributed by atoms with Gasteiger partial charge in [-0.3, -0.25) is 9.59 Å². The predicted molar refractivity (Wildman–Crippen MR) is 78.4 cm³/mol. The molecule has 1 fully saturated rings. The smallest absolute Gasteiger partial charge is 0.369 e. The second kappa shape index (κ2) is 6.60. The number of primary amides is 1. The van der Waals surface area contributed by atoms with Gasteiger partial charge in [0, 0.05) is 19.5 Å². The number of likely N-dealkylation sites (tertiary alicyclic amines) is 1. The second-order valence-corrected chi connectivity index (χ2v) is 5.95. The minimum Gasteiger partial charge on any atom is -0.369 e. The topological polar surface area (TPSA) is 63.4 Å². The van der Waals surface area contributed by atoms with Gasteiger partial charge < -0.3 is 10.6 Å². The summed E-state index contributed by atoms with van der Waals surface area (Å²) in [6, 6.07) is 4.85. The number of nitrogens with zero attached hydrogens (tertiary/aromatic N) is 1. The molecule has 0 saturated carbocycles. The highest BCUT2D eigenvalue weighted by molar-refractivity contribution is 5.81. The zero-order valence-electron chi connectivity index (χ0n) is 12.8. The van der Waals surface area contributed by atoms with Gasteiger partial charge in [0.2, 0.25) is 11.8 Å². The normalized spacial score (nSPS) is 19.7. The van der Waals surface area contributed by atoms with E-state index >= 15 is 0 Å². The van der Waals surface area contributed by atoms with E-state index in [0.29, 0.717) is 25.1 Å². The van der Waals surface area contributed by atoms with Gasteiger partial charge in [-0.25, -0.2) is 0 Å². The van der Waals surface area contributed by atoms with Crippen LogP contribution in [0.4, 0.5) is 13.2 Å². The standard InChI is InChI=1S/C16H19F3N2O2/c1-10(11-2-4-13(5-3-11)16(17,18)19)8-14(22)21-7-6-12(9-21)15(20)23/h2-5,10,12H,6-9H2,1H3,(H2,20,23)/t10-,12-/m1/s1. The molecule has 7 heteroatoms. The van der Waals surface area contributed by atoms with Crippen molar-refractivity contribution in [3.05, 3.63) is 35.4 Å². The molecule has 1 aromatic carbocycles. The van der Waals surface area contributed by atoms with Crippen LogP contribution in [0.5, 0.6) is 0 Å². The first-order valence-electron chi connectivity index (χ1n) is 7.42. The summed E-state index contributed by atoms with van der Waals surface area (Å²) >= 11 is 0. The van der Waals surface area contributed by atoms with Gasteiger partial charge in [-0.15, -0.1) is 0 Å². The van der Waals surface area contributed by atoms with Crippen molar-refractivity contribution in [3.63, 3.8) is 0 Å². The van der Waals surface area contributed by atoms with Crippen molar-refractivity contribution < 1.29 is 22.8 Å². The first kappa shape index (κ1) is 17.3. The summed E-state index contributed by atoms with van der Waals surface area (Å²) in [4.78, 5) is 24.9. The van der Waals surface area contributed by atoms with Crippen LogP contribution < -0.4 is 5.73 Å². The Bertz CT molecular complexity index is 584. The number of hydrogen-bond donors (Lipinski definition) is 1. The number of amides is 2. The SMILES string of the molecule is C[C@H](CC(=O)N1CC[C@@H](C(N)=O)C1)c1ccc(C(F)(F)F)cc1. The maximum atomic E-state index is 12.5. The monoisotopic (exact) mass is 328 g/mol. The van der Waals surface area contributed by atoms with Crippen LogP contribution in [0.3, 0.4) is 0 Å².